The van der Waals surface area contributed by atoms with Crippen LogP contribution in [0.4, 0.5) is 0 Å². The number of aromatic nitrogens is 1. The molecule has 7 nitrogen and oxygen atoms in total. The Morgan fingerprint density at radius 3 is 2.35 bits per heavy atom. The van der Waals surface area contributed by atoms with E-state index in [0.29, 0.717) is 34.7 Å². The van der Waals surface area contributed by atoms with Gasteiger partial charge in [-0.3, -0.25) is 4.79 Å². The molecule has 176 valence electrons. The van der Waals surface area contributed by atoms with Crippen LogP contribution in [-0.4, -0.2) is 44.7 Å². The van der Waals surface area contributed by atoms with Crippen LogP contribution in [0.2, 0.25) is 0 Å². The first-order valence-electron chi connectivity index (χ1n) is 11.1. The first-order valence-corrected chi connectivity index (χ1v) is 11.1. The lowest BCUT2D eigenvalue weighted by molar-refractivity contribution is -0.120. The Hall–Kier alpha value is -3.87. The predicted molar refractivity (Wildman–Crippen MR) is 130 cm³/mol. The van der Waals surface area contributed by atoms with Gasteiger partial charge in [-0.1, -0.05) is 18.2 Å². The SMILES string of the molecule is COc1cc(/C=C2\CCCc3c2nc2ccccc2c3C(=O)OCC(C)=O)cc(OC)c1OC. The second-order valence-corrected chi connectivity index (χ2v) is 8.09. The molecule has 0 radical (unpaired) electrons. The zero-order valence-electron chi connectivity index (χ0n) is 19.8. The van der Waals surface area contributed by atoms with Gasteiger partial charge in [0.25, 0.3) is 0 Å². The van der Waals surface area contributed by atoms with E-state index in [4.69, 9.17) is 23.9 Å². The molecule has 7 heteroatoms. The smallest absolute Gasteiger partial charge is 0.339 e. The highest BCUT2D eigenvalue weighted by Crippen LogP contribution is 2.41. The lowest BCUT2D eigenvalue weighted by atomic mass is 9.86. The van der Waals surface area contributed by atoms with Gasteiger partial charge >= 0.3 is 5.97 Å². The molecule has 4 rings (SSSR count). The summed E-state index contributed by atoms with van der Waals surface area (Å²) in [5.74, 6) is 0.938. The van der Waals surface area contributed by atoms with Crippen molar-refractivity contribution < 1.29 is 28.5 Å². The molecule has 0 aliphatic heterocycles. The van der Waals surface area contributed by atoms with Crippen LogP contribution in [0, 0.1) is 0 Å². The number of benzene rings is 2. The van der Waals surface area contributed by atoms with Crippen molar-refractivity contribution >= 4 is 34.3 Å². The number of esters is 1. The Balaban J connectivity index is 1.88. The molecule has 0 saturated heterocycles. The number of rotatable bonds is 7. The highest BCUT2D eigenvalue weighted by molar-refractivity contribution is 6.07. The molecule has 0 amide bonds. The summed E-state index contributed by atoms with van der Waals surface area (Å²) in [4.78, 5) is 29.4. The van der Waals surface area contributed by atoms with Gasteiger partial charge in [-0.25, -0.2) is 9.78 Å². The van der Waals surface area contributed by atoms with E-state index in [1.54, 1.807) is 21.3 Å². The number of nitrogens with zero attached hydrogens (tertiary/aromatic N) is 1. The van der Waals surface area contributed by atoms with Crippen LogP contribution < -0.4 is 14.2 Å². The van der Waals surface area contributed by atoms with Gasteiger partial charge in [0.2, 0.25) is 5.75 Å². The summed E-state index contributed by atoms with van der Waals surface area (Å²) in [7, 11) is 4.73. The van der Waals surface area contributed by atoms with E-state index in [1.165, 1.54) is 6.92 Å². The predicted octanol–water partition coefficient (Wildman–Crippen LogP) is 4.88. The molecule has 1 aliphatic rings. The van der Waals surface area contributed by atoms with Crippen molar-refractivity contribution in [1.82, 2.24) is 4.98 Å². The third-order valence-corrected chi connectivity index (χ3v) is 5.81. The van der Waals surface area contributed by atoms with E-state index < -0.39 is 5.97 Å². The summed E-state index contributed by atoms with van der Waals surface area (Å²) < 4.78 is 21.7. The minimum absolute atomic E-state index is 0.205. The molecular weight excluding hydrogens is 434 g/mol. The number of fused-ring (bicyclic) bond motifs is 2. The van der Waals surface area contributed by atoms with Crippen molar-refractivity contribution in [3.05, 3.63) is 58.8 Å². The topological polar surface area (TPSA) is 84.0 Å². The van der Waals surface area contributed by atoms with Crippen molar-refractivity contribution in [2.75, 3.05) is 27.9 Å². The maximum absolute atomic E-state index is 13.1. The van der Waals surface area contributed by atoms with Gasteiger partial charge in [-0.05, 0) is 67.2 Å². The number of para-hydroxylation sites is 1. The van der Waals surface area contributed by atoms with E-state index in [-0.39, 0.29) is 12.4 Å². The summed E-state index contributed by atoms with van der Waals surface area (Å²) in [6.07, 6.45) is 4.40. The van der Waals surface area contributed by atoms with E-state index in [1.807, 2.05) is 42.5 Å². The molecule has 0 unspecified atom stereocenters. The van der Waals surface area contributed by atoms with E-state index in [9.17, 15) is 9.59 Å². The fraction of sp³-hybridized carbons (Fsp3) is 0.296. The number of methoxy groups -OCH3 is 3. The zero-order valence-corrected chi connectivity index (χ0v) is 19.8. The molecular formula is C27H27NO6. The number of Topliss-reactive ketones (excluding diaryl/α,β-unsaturated/α-hetero) is 1. The maximum atomic E-state index is 13.1. The zero-order chi connectivity index (χ0) is 24.2. The fourth-order valence-electron chi connectivity index (χ4n) is 4.33. The van der Waals surface area contributed by atoms with Crippen LogP contribution in [0.25, 0.3) is 22.6 Å². The van der Waals surface area contributed by atoms with Gasteiger partial charge in [0.15, 0.2) is 17.3 Å². The van der Waals surface area contributed by atoms with Gasteiger partial charge in [0.1, 0.15) is 6.61 Å². The molecule has 1 heterocycles. The van der Waals surface area contributed by atoms with Crippen LogP contribution in [0.3, 0.4) is 0 Å². The van der Waals surface area contributed by atoms with Crippen LogP contribution in [0.1, 0.15) is 46.9 Å². The van der Waals surface area contributed by atoms with Crippen molar-refractivity contribution in [1.29, 1.82) is 0 Å². The average molecular weight is 462 g/mol. The molecule has 0 fully saturated rings. The first kappa shape index (κ1) is 23.3. The second-order valence-electron chi connectivity index (χ2n) is 8.09. The van der Waals surface area contributed by atoms with Crippen molar-refractivity contribution in [2.45, 2.75) is 26.2 Å². The summed E-state index contributed by atoms with van der Waals surface area (Å²) in [6.45, 7) is 1.14. The highest BCUT2D eigenvalue weighted by Gasteiger charge is 2.26. The molecule has 0 N–H and O–H groups in total. The summed E-state index contributed by atoms with van der Waals surface area (Å²) in [5, 5.41) is 0.726. The lowest BCUT2D eigenvalue weighted by Gasteiger charge is -2.22. The van der Waals surface area contributed by atoms with E-state index >= 15 is 0 Å². The third kappa shape index (κ3) is 4.46. The molecule has 0 spiro atoms. The van der Waals surface area contributed by atoms with Gasteiger partial charge < -0.3 is 18.9 Å². The number of carbonyl (C=O) groups is 2. The Kier molecular flexibility index (Phi) is 6.82. The number of ketones is 1. The normalized spacial score (nSPS) is 13.9. The minimum Gasteiger partial charge on any atom is -0.493 e. The van der Waals surface area contributed by atoms with Gasteiger partial charge in [-0.2, -0.15) is 0 Å². The Bertz CT molecular complexity index is 1270. The summed E-state index contributed by atoms with van der Waals surface area (Å²) in [6, 6.07) is 11.3. The molecule has 1 aliphatic carbocycles. The fourth-order valence-corrected chi connectivity index (χ4v) is 4.33. The largest absolute Gasteiger partial charge is 0.493 e. The lowest BCUT2D eigenvalue weighted by Crippen LogP contribution is -2.17. The van der Waals surface area contributed by atoms with Crippen molar-refractivity contribution in [2.24, 2.45) is 0 Å². The molecule has 1 aromatic heterocycles. The van der Waals surface area contributed by atoms with Crippen molar-refractivity contribution in [3.8, 4) is 17.2 Å². The van der Waals surface area contributed by atoms with E-state index in [0.717, 1.165) is 40.6 Å². The van der Waals surface area contributed by atoms with Crippen LogP contribution in [-0.2, 0) is 16.0 Å². The Labute approximate surface area is 198 Å². The summed E-state index contributed by atoms with van der Waals surface area (Å²) >= 11 is 0. The number of hydrogen-bond donors (Lipinski definition) is 0. The van der Waals surface area contributed by atoms with Crippen LogP contribution in [0.15, 0.2) is 36.4 Å². The number of carbonyl (C=O) groups excluding carboxylic acids is 2. The molecule has 3 aromatic rings. The highest BCUT2D eigenvalue weighted by atomic mass is 16.5. The standard InChI is InChI=1S/C27H27NO6/c1-16(29)15-34-27(30)24-19-9-5-6-11-21(19)28-25-18(8-7-10-20(24)25)12-17-13-22(31-2)26(33-4)23(14-17)32-3/h5-6,9,11-14H,7-8,10,15H2,1-4H3/b18-12+. The minimum atomic E-state index is -0.501. The van der Waals surface area contributed by atoms with E-state index in [2.05, 4.69) is 0 Å². The molecule has 34 heavy (non-hydrogen) atoms. The Morgan fingerprint density at radius 1 is 1.00 bits per heavy atom. The monoisotopic (exact) mass is 461 g/mol. The third-order valence-electron chi connectivity index (χ3n) is 5.81. The first-order chi connectivity index (χ1) is 16.5. The number of ether oxygens (including phenoxy) is 4. The van der Waals surface area contributed by atoms with Gasteiger partial charge in [0, 0.05) is 5.39 Å². The number of allylic oxidation sites excluding steroid dienone is 1. The van der Waals surface area contributed by atoms with Crippen molar-refractivity contribution in [3.63, 3.8) is 0 Å². The van der Waals surface area contributed by atoms with Gasteiger partial charge in [-0.15, -0.1) is 0 Å². The molecule has 2 aromatic carbocycles. The average Bonchev–Trinajstić information content (AvgIpc) is 2.85. The molecule has 0 bridgehead atoms. The van der Waals surface area contributed by atoms with Crippen LogP contribution >= 0.6 is 0 Å². The summed E-state index contributed by atoms with van der Waals surface area (Å²) in [5.41, 5.74) is 4.67. The molecule has 0 saturated carbocycles. The van der Waals surface area contributed by atoms with Crippen LogP contribution in [0.5, 0.6) is 17.2 Å². The van der Waals surface area contributed by atoms with Gasteiger partial charge in [0.05, 0.1) is 38.1 Å². The molecule has 0 atom stereocenters. The Morgan fingerprint density at radius 2 is 1.71 bits per heavy atom. The number of hydrogen-bond acceptors (Lipinski definition) is 7. The quantitative estimate of drug-likeness (QED) is 0.464. The number of pyridine rings is 1. The maximum Gasteiger partial charge on any atom is 0.339 e. The second kappa shape index (κ2) is 9.95.